The van der Waals surface area contributed by atoms with Crippen LogP contribution < -0.4 is 4.74 Å². The van der Waals surface area contributed by atoms with Crippen LogP contribution in [0.2, 0.25) is 0 Å². The van der Waals surface area contributed by atoms with Crippen LogP contribution in [0.4, 0.5) is 4.39 Å². The van der Waals surface area contributed by atoms with Gasteiger partial charge in [-0.2, -0.15) is 0 Å². The molecule has 2 heteroatoms. The first kappa shape index (κ1) is 10.7. The highest BCUT2D eigenvalue weighted by Crippen LogP contribution is 2.14. The molecule has 0 aliphatic carbocycles. The van der Waals surface area contributed by atoms with Crippen LogP contribution in [0.5, 0.6) is 5.75 Å². The Morgan fingerprint density at radius 1 is 1.06 bits per heavy atom. The molecule has 0 unspecified atom stereocenters. The van der Waals surface area contributed by atoms with Crippen LogP contribution in [-0.4, -0.2) is 0 Å². The minimum atomic E-state index is -0.231. The molecule has 0 aromatic heterocycles. The Kier molecular flexibility index (Phi) is 3.20. The summed E-state index contributed by atoms with van der Waals surface area (Å²) in [7, 11) is 0. The van der Waals surface area contributed by atoms with Crippen LogP contribution in [0.15, 0.2) is 48.5 Å². The van der Waals surface area contributed by atoms with Crippen molar-refractivity contribution >= 4 is 0 Å². The van der Waals surface area contributed by atoms with E-state index in [2.05, 4.69) is 0 Å². The maximum atomic E-state index is 12.9. The molecule has 1 nitrogen and oxygen atoms in total. The van der Waals surface area contributed by atoms with Crippen molar-refractivity contribution in [2.24, 2.45) is 0 Å². The number of aryl methyl sites for hydroxylation is 1. The van der Waals surface area contributed by atoms with Crippen molar-refractivity contribution < 1.29 is 9.13 Å². The van der Waals surface area contributed by atoms with E-state index in [1.54, 1.807) is 6.07 Å². The van der Waals surface area contributed by atoms with Crippen molar-refractivity contribution in [3.05, 3.63) is 65.5 Å². The summed E-state index contributed by atoms with van der Waals surface area (Å²) in [6, 6.07) is 14.2. The third kappa shape index (κ3) is 2.83. The minimum Gasteiger partial charge on any atom is -0.489 e. The summed E-state index contributed by atoms with van der Waals surface area (Å²) >= 11 is 0. The van der Waals surface area contributed by atoms with Gasteiger partial charge in [-0.3, -0.25) is 0 Å². The third-order valence-corrected chi connectivity index (χ3v) is 2.28. The van der Waals surface area contributed by atoms with Crippen molar-refractivity contribution in [2.75, 3.05) is 0 Å². The quantitative estimate of drug-likeness (QED) is 0.759. The van der Waals surface area contributed by atoms with Gasteiger partial charge in [0.05, 0.1) is 0 Å². The number of hydrogen-bond donors (Lipinski definition) is 0. The van der Waals surface area contributed by atoms with Gasteiger partial charge in [0.25, 0.3) is 0 Å². The van der Waals surface area contributed by atoms with E-state index >= 15 is 0 Å². The molecule has 82 valence electrons. The summed E-state index contributed by atoms with van der Waals surface area (Å²) in [4.78, 5) is 0. The van der Waals surface area contributed by atoms with Gasteiger partial charge in [-0.25, -0.2) is 4.39 Å². The molecule has 0 saturated carbocycles. The zero-order valence-electron chi connectivity index (χ0n) is 9.11. The fraction of sp³-hybridized carbons (Fsp3) is 0.143. The van der Waals surface area contributed by atoms with Crippen molar-refractivity contribution in [1.82, 2.24) is 0 Å². The van der Waals surface area contributed by atoms with Gasteiger partial charge in [0.1, 0.15) is 18.2 Å². The fourth-order valence-electron chi connectivity index (χ4n) is 1.50. The number of rotatable bonds is 3. The lowest BCUT2D eigenvalue weighted by atomic mass is 10.2. The highest BCUT2D eigenvalue weighted by Gasteiger charge is 1.97. The molecule has 0 N–H and O–H groups in total. The highest BCUT2D eigenvalue weighted by atomic mass is 19.1. The van der Waals surface area contributed by atoms with E-state index in [1.807, 2.05) is 37.3 Å². The zero-order valence-corrected chi connectivity index (χ0v) is 9.11. The van der Waals surface area contributed by atoms with E-state index in [1.165, 1.54) is 12.1 Å². The normalized spacial score (nSPS) is 10.1. The minimum absolute atomic E-state index is 0.231. The molecule has 0 spiro atoms. The lowest BCUT2D eigenvalue weighted by molar-refractivity contribution is 0.305. The molecule has 16 heavy (non-hydrogen) atoms. The topological polar surface area (TPSA) is 9.23 Å². The van der Waals surface area contributed by atoms with E-state index in [4.69, 9.17) is 4.74 Å². The summed E-state index contributed by atoms with van der Waals surface area (Å²) in [6.07, 6.45) is 0. The van der Waals surface area contributed by atoms with Crippen LogP contribution in [0, 0.1) is 12.7 Å². The molecule has 2 aromatic rings. The molecule has 0 aliphatic heterocycles. The second-order valence-corrected chi connectivity index (χ2v) is 3.74. The van der Waals surface area contributed by atoms with Gasteiger partial charge >= 0.3 is 0 Å². The molecule has 0 heterocycles. The van der Waals surface area contributed by atoms with Crippen LogP contribution in [-0.2, 0) is 6.61 Å². The van der Waals surface area contributed by atoms with Gasteiger partial charge in [-0.1, -0.05) is 24.3 Å². The SMILES string of the molecule is Cc1cccc(OCc2cccc(F)c2)c1. The molecule has 2 aromatic carbocycles. The second-order valence-electron chi connectivity index (χ2n) is 3.74. The van der Waals surface area contributed by atoms with Crippen molar-refractivity contribution in [1.29, 1.82) is 0 Å². The van der Waals surface area contributed by atoms with E-state index in [-0.39, 0.29) is 5.82 Å². The standard InChI is InChI=1S/C14H13FO/c1-11-4-2-7-14(8-11)16-10-12-5-3-6-13(15)9-12/h2-9H,10H2,1H3. The highest BCUT2D eigenvalue weighted by molar-refractivity contribution is 5.28. The average molecular weight is 216 g/mol. The molecular weight excluding hydrogens is 203 g/mol. The molecule has 0 fully saturated rings. The van der Waals surface area contributed by atoms with Crippen molar-refractivity contribution in [3.8, 4) is 5.75 Å². The Hall–Kier alpha value is -1.83. The average Bonchev–Trinajstić information content (AvgIpc) is 2.27. The van der Waals surface area contributed by atoms with E-state index in [0.29, 0.717) is 6.61 Å². The number of hydrogen-bond acceptors (Lipinski definition) is 1. The number of ether oxygens (including phenoxy) is 1. The molecule has 0 atom stereocenters. The van der Waals surface area contributed by atoms with Gasteiger partial charge in [0.15, 0.2) is 0 Å². The van der Waals surface area contributed by atoms with Gasteiger partial charge in [0, 0.05) is 0 Å². The number of halogens is 1. The third-order valence-electron chi connectivity index (χ3n) is 2.28. The Labute approximate surface area is 94.5 Å². The summed E-state index contributed by atoms with van der Waals surface area (Å²) < 4.78 is 18.5. The van der Waals surface area contributed by atoms with Crippen LogP contribution in [0.1, 0.15) is 11.1 Å². The molecule has 2 rings (SSSR count). The maximum Gasteiger partial charge on any atom is 0.123 e. The first-order valence-electron chi connectivity index (χ1n) is 5.18. The van der Waals surface area contributed by atoms with E-state index in [9.17, 15) is 4.39 Å². The summed E-state index contributed by atoms with van der Waals surface area (Å²) in [5.74, 6) is 0.578. The Bertz CT molecular complexity index is 434. The van der Waals surface area contributed by atoms with Gasteiger partial charge in [0.2, 0.25) is 0 Å². The summed E-state index contributed by atoms with van der Waals surface area (Å²) in [5, 5.41) is 0. The van der Waals surface area contributed by atoms with Gasteiger partial charge < -0.3 is 4.74 Å². The van der Waals surface area contributed by atoms with Gasteiger partial charge in [-0.05, 0) is 42.3 Å². The first-order valence-corrected chi connectivity index (χ1v) is 5.18. The van der Waals surface area contributed by atoms with Crippen molar-refractivity contribution in [3.63, 3.8) is 0 Å². The van der Waals surface area contributed by atoms with E-state index < -0.39 is 0 Å². The van der Waals surface area contributed by atoms with Crippen LogP contribution in [0.25, 0.3) is 0 Å². The lowest BCUT2D eigenvalue weighted by Crippen LogP contribution is -1.95. The van der Waals surface area contributed by atoms with Crippen molar-refractivity contribution in [2.45, 2.75) is 13.5 Å². The smallest absolute Gasteiger partial charge is 0.123 e. The molecule has 0 aliphatic rings. The molecular formula is C14H13FO. The zero-order chi connectivity index (χ0) is 11.4. The largest absolute Gasteiger partial charge is 0.489 e. The first-order chi connectivity index (χ1) is 7.74. The lowest BCUT2D eigenvalue weighted by Gasteiger charge is -2.06. The Balaban J connectivity index is 2.02. The predicted octanol–water partition coefficient (Wildman–Crippen LogP) is 3.71. The second kappa shape index (κ2) is 4.79. The molecule has 0 bridgehead atoms. The Morgan fingerprint density at radius 3 is 2.62 bits per heavy atom. The fourth-order valence-corrected chi connectivity index (χ4v) is 1.50. The Morgan fingerprint density at radius 2 is 1.88 bits per heavy atom. The predicted molar refractivity (Wildman–Crippen MR) is 61.9 cm³/mol. The maximum absolute atomic E-state index is 12.9. The molecule has 0 amide bonds. The summed E-state index contributed by atoms with van der Waals surface area (Å²) in [6.45, 7) is 2.40. The number of benzene rings is 2. The molecule has 0 radical (unpaired) electrons. The van der Waals surface area contributed by atoms with Crippen LogP contribution in [0.3, 0.4) is 0 Å². The van der Waals surface area contributed by atoms with Crippen LogP contribution >= 0.6 is 0 Å². The molecule has 0 saturated heterocycles. The monoisotopic (exact) mass is 216 g/mol. The van der Waals surface area contributed by atoms with Gasteiger partial charge in [-0.15, -0.1) is 0 Å². The van der Waals surface area contributed by atoms with E-state index in [0.717, 1.165) is 16.9 Å². The summed E-state index contributed by atoms with van der Waals surface area (Å²) in [5.41, 5.74) is 1.98.